The maximum Gasteiger partial charge on any atom is 0.408 e. The van der Waals surface area contributed by atoms with Gasteiger partial charge >= 0.3 is 12.1 Å². The molecule has 0 fully saturated rings. The number of H-pyrrole nitrogens is 1. The first kappa shape index (κ1) is 26.9. The summed E-state index contributed by atoms with van der Waals surface area (Å²) in [4.78, 5) is 44.1. The Hall–Kier alpha value is -3.36. The van der Waals surface area contributed by atoms with Gasteiger partial charge in [-0.05, 0) is 50.3 Å². The first-order chi connectivity index (χ1) is 15.9. The van der Waals surface area contributed by atoms with Crippen molar-refractivity contribution in [2.45, 2.75) is 72.6 Å². The van der Waals surface area contributed by atoms with E-state index in [-0.39, 0.29) is 25.0 Å². The number of benzene rings is 1. The van der Waals surface area contributed by atoms with E-state index in [2.05, 4.69) is 27.5 Å². The molecule has 9 nitrogen and oxygen atoms in total. The maximum atomic E-state index is 12.8. The number of hydrogen-bond acceptors (Lipinski definition) is 6. The highest BCUT2D eigenvalue weighted by atomic mass is 16.6. The Morgan fingerprint density at radius 1 is 1.15 bits per heavy atom. The molecule has 1 aromatic carbocycles. The molecule has 2 unspecified atom stereocenters. The van der Waals surface area contributed by atoms with Gasteiger partial charge in [-0.25, -0.2) is 14.6 Å². The summed E-state index contributed by atoms with van der Waals surface area (Å²) in [6, 6.07) is 5.03. The van der Waals surface area contributed by atoms with Gasteiger partial charge in [0.2, 0.25) is 5.91 Å². The third kappa shape index (κ3) is 7.90. The lowest BCUT2D eigenvalue weighted by atomic mass is 9.91. The van der Waals surface area contributed by atoms with Gasteiger partial charge in [-0.1, -0.05) is 39.0 Å². The molecule has 1 aromatic heterocycles. The van der Waals surface area contributed by atoms with Crippen molar-refractivity contribution < 1.29 is 23.9 Å². The normalized spacial score (nSPS) is 13.2. The summed E-state index contributed by atoms with van der Waals surface area (Å²) in [5.74, 6) is -1.16. The zero-order valence-corrected chi connectivity index (χ0v) is 21.0. The summed E-state index contributed by atoms with van der Waals surface area (Å²) in [7, 11) is 0. The summed E-state index contributed by atoms with van der Waals surface area (Å²) in [5, 5.41) is 5.02. The molecule has 2 aromatic rings. The van der Waals surface area contributed by atoms with Crippen LogP contribution in [0.2, 0.25) is 0 Å². The van der Waals surface area contributed by atoms with E-state index in [1.165, 1.54) is 0 Å². The number of aromatic nitrogens is 2. The van der Waals surface area contributed by atoms with E-state index in [1.807, 2.05) is 45.2 Å². The fourth-order valence-electron chi connectivity index (χ4n) is 3.42. The van der Waals surface area contributed by atoms with Crippen molar-refractivity contribution in [3.63, 3.8) is 0 Å². The number of hydrogen-bond donors (Lipinski definition) is 3. The van der Waals surface area contributed by atoms with Crippen LogP contribution in [0, 0.1) is 12.8 Å². The molecule has 2 amide bonds. The Morgan fingerprint density at radius 2 is 1.85 bits per heavy atom. The molecule has 0 aliphatic carbocycles. The lowest BCUT2D eigenvalue weighted by molar-refractivity contribution is -0.150. The number of carbonyl (C=O) groups excluding carboxylic acids is 3. The van der Waals surface area contributed by atoms with Gasteiger partial charge in [0.1, 0.15) is 24.8 Å². The van der Waals surface area contributed by atoms with Gasteiger partial charge in [-0.3, -0.25) is 4.79 Å². The number of esters is 1. The van der Waals surface area contributed by atoms with Gasteiger partial charge in [-0.15, -0.1) is 0 Å². The molecular weight excluding hydrogens is 436 g/mol. The Kier molecular flexibility index (Phi) is 9.23. The van der Waals surface area contributed by atoms with Crippen molar-refractivity contribution in [3.05, 3.63) is 53.1 Å². The summed E-state index contributed by atoms with van der Waals surface area (Å²) >= 11 is 0. The average Bonchev–Trinajstić information content (AvgIpc) is 3.28. The van der Waals surface area contributed by atoms with Crippen LogP contribution in [0.4, 0.5) is 4.79 Å². The molecule has 0 radical (unpaired) electrons. The van der Waals surface area contributed by atoms with Crippen molar-refractivity contribution in [3.8, 4) is 0 Å². The fourth-order valence-corrected chi connectivity index (χ4v) is 3.42. The molecular formula is C25H36N4O5. The first-order valence-electron chi connectivity index (χ1n) is 11.4. The van der Waals surface area contributed by atoms with E-state index in [0.29, 0.717) is 0 Å². The van der Waals surface area contributed by atoms with Crippen LogP contribution in [0.5, 0.6) is 0 Å². The highest BCUT2D eigenvalue weighted by Crippen LogP contribution is 2.27. The molecule has 3 N–H and O–H groups in total. The molecule has 1 heterocycles. The topological polar surface area (TPSA) is 122 Å². The summed E-state index contributed by atoms with van der Waals surface area (Å²) in [6.07, 6.45) is 2.81. The average molecular weight is 473 g/mol. The first-order valence-corrected chi connectivity index (χ1v) is 11.4. The van der Waals surface area contributed by atoms with Crippen molar-refractivity contribution >= 4 is 18.0 Å². The zero-order chi connectivity index (χ0) is 25.5. The number of nitrogens with zero attached hydrogens (tertiary/aromatic N) is 1. The maximum absolute atomic E-state index is 12.8. The fraction of sp³-hybridized carbons (Fsp3) is 0.520. The van der Waals surface area contributed by atoms with Crippen molar-refractivity contribution in [2.75, 3.05) is 6.54 Å². The van der Waals surface area contributed by atoms with Crippen LogP contribution in [-0.2, 0) is 25.7 Å². The quantitative estimate of drug-likeness (QED) is 0.480. The second-order valence-electron chi connectivity index (χ2n) is 9.60. The monoisotopic (exact) mass is 472 g/mol. The van der Waals surface area contributed by atoms with E-state index < -0.39 is 29.6 Å². The van der Waals surface area contributed by atoms with Gasteiger partial charge in [-0.2, -0.15) is 0 Å². The Bertz CT molecular complexity index is 980. The summed E-state index contributed by atoms with van der Waals surface area (Å²) in [5.41, 5.74) is 3.27. The molecule has 0 saturated carbocycles. The number of amides is 2. The Balaban J connectivity index is 1.97. The van der Waals surface area contributed by atoms with Crippen molar-refractivity contribution in [2.24, 2.45) is 5.92 Å². The van der Waals surface area contributed by atoms with Crippen LogP contribution in [0.15, 0.2) is 30.7 Å². The molecule has 186 valence electrons. The molecule has 9 heteroatoms. The molecule has 2 rings (SSSR count). The molecule has 2 atom stereocenters. The number of nitrogens with one attached hydrogen (secondary N) is 3. The van der Waals surface area contributed by atoms with Gasteiger partial charge in [0.15, 0.2) is 0 Å². The molecule has 0 aliphatic heterocycles. The molecule has 0 spiro atoms. The highest BCUT2D eigenvalue weighted by molar-refractivity contribution is 5.87. The second-order valence-corrected chi connectivity index (χ2v) is 9.60. The summed E-state index contributed by atoms with van der Waals surface area (Å²) < 4.78 is 10.7. The molecule has 0 saturated heterocycles. The van der Waals surface area contributed by atoms with Crippen molar-refractivity contribution in [1.82, 2.24) is 20.6 Å². The lowest BCUT2D eigenvalue weighted by Gasteiger charge is -2.22. The van der Waals surface area contributed by atoms with E-state index >= 15 is 0 Å². The highest BCUT2D eigenvalue weighted by Gasteiger charge is 2.26. The van der Waals surface area contributed by atoms with Gasteiger partial charge in [0.05, 0.1) is 12.0 Å². The largest absolute Gasteiger partial charge is 0.459 e. The predicted molar refractivity (Wildman–Crippen MR) is 128 cm³/mol. The van der Waals surface area contributed by atoms with Crippen LogP contribution in [0.3, 0.4) is 0 Å². The predicted octanol–water partition coefficient (Wildman–Crippen LogP) is 3.58. The van der Waals surface area contributed by atoms with E-state index in [9.17, 15) is 14.4 Å². The molecule has 0 aliphatic rings. The van der Waals surface area contributed by atoms with E-state index in [4.69, 9.17) is 9.47 Å². The van der Waals surface area contributed by atoms with Crippen LogP contribution < -0.4 is 10.6 Å². The minimum absolute atomic E-state index is 0.0844. The minimum atomic E-state index is -0.848. The number of rotatable bonds is 9. The third-order valence-electron chi connectivity index (χ3n) is 5.32. The summed E-state index contributed by atoms with van der Waals surface area (Å²) in [6.45, 7) is 12.6. The van der Waals surface area contributed by atoms with E-state index in [0.717, 1.165) is 22.4 Å². The van der Waals surface area contributed by atoms with Gasteiger partial charge < -0.3 is 25.1 Å². The smallest absolute Gasteiger partial charge is 0.408 e. The van der Waals surface area contributed by atoms with Crippen LogP contribution in [0.1, 0.15) is 69.8 Å². The molecule has 0 bridgehead atoms. The number of alkyl carbamates (subject to hydrolysis) is 1. The lowest BCUT2D eigenvalue weighted by Crippen LogP contribution is -2.49. The van der Waals surface area contributed by atoms with Crippen LogP contribution >= 0.6 is 0 Å². The zero-order valence-electron chi connectivity index (χ0n) is 21.0. The number of imidazole rings is 1. The van der Waals surface area contributed by atoms with Crippen LogP contribution in [-0.4, -0.2) is 46.1 Å². The van der Waals surface area contributed by atoms with Crippen molar-refractivity contribution in [1.29, 1.82) is 0 Å². The van der Waals surface area contributed by atoms with Gasteiger partial charge in [0, 0.05) is 12.1 Å². The minimum Gasteiger partial charge on any atom is -0.459 e. The Morgan fingerprint density at radius 3 is 2.44 bits per heavy atom. The molecule has 34 heavy (non-hydrogen) atoms. The second kappa shape index (κ2) is 11.7. The van der Waals surface area contributed by atoms with Crippen LogP contribution in [0.25, 0.3) is 0 Å². The van der Waals surface area contributed by atoms with E-state index in [1.54, 1.807) is 27.1 Å². The third-order valence-corrected chi connectivity index (χ3v) is 5.32. The standard InChI is InChI=1S/C25H36N4O5/c1-15(2)22(29-21(30)12-27-24(32)34-25(5,6)7)23(31)33-13-18-9-8-10-19(16(18)3)17(4)20-11-26-14-28-20/h8-11,14-15,17,22H,12-13H2,1-7H3,(H,26,28)(H,27,32)(H,29,30). The van der Waals surface area contributed by atoms with Gasteiger partial charge in [0.25, 0.3) is 0 Å². The number of carbonyl (C=O) groups is 3. The number of ether oxygens (including phenoxy) is 2. The number of aromatic amines is 1. The Labute approximate surface area is 201 Å². The SMILES string of the molecule is Cc1c(COC(=O)C(NC(=O)CNC(=O)OC(C)(C)C)C(C)C)cccc1C(C)c1c[nH]cn1.